The van der Waals surface area contributed by atoms with Crippen molar-refractivity contribution in [1.82, 2.24) is 0 Å². The van der Waals surface area contributed by atoms with Gasteiger partial charge in [0.15, 0.2) is 0 Å². The number of fused-ring (bicyclic) bond motifs is 10. The van der Waals surface area contributed by atoms with Crippen LogP contribution in [-0.2, 0) is 12.5 Å². The summed E-state index contributed by atoms with van der Waals surface area (Å²) in [6.45, 7) is 9.68. The predicted molar refractivity (Wildman–Crippen MR) is 71.4 cm³/mol. The van der Waals surface area contributed by atoms with E-state index in [4.69, 9.17) is 4.74 Å². The van der Waals surface area contributed by atoms with Crippen LogP contribution < -0.4 is 0 Å². The van der Waals surface area contributed by atoms with Gasteiger partial charge in [-0.05, 0) is 0 Å². The van der Waals surface area contributed by atoms with Crippen molar-refractivity contribution in [3.63, 3.8) is 0 Å². The molecule has 10 aliphatic heterocycles. The van der Waals surface area contributed by atoms with Gasteiger partial charge in [-0.25, -0.2) is 0 Å². The number of rotatable bonds is 5. The Morgan fingerprint density at radius 3 is 1.79 bits per heavy atom. The third-order valence-corrected chi connectivity index (χ3v) is 88.8. The van der Waals surface area contributed by atoms with Crippen LogP contribution in [0.2, 0.25) is 43.6 Å². The average Bonchev–Trinajstić information content (AvgIpc) is 3.38. The minimum absolute atomic E-state index is 0.968. The standard InChI is InChI=1S/C9H13.C8H11O.Ru/c1-3-8-6-5-7-9(8)4-2;1-2-9-7-8-5-3-4-6-8;/h5-7H,3-4H2,1-2H3;3-6H,2,7H2,1H3;. The third kappa shape index (κ3) is 0.0807. The molecule has 0 aromatic rings. The molecule has 10 heterocycles. The van der Waals surface area contributed by atoms with E-state index in [0.29, 0.717) is 0 Å². The van der Waals surface area contributed by atoms with Crippen LogP contribution in [-0.4, -0.2) is 13.2 Å². The van der Waals surface area contributed by atoms with Crippen LogP contribution in [0, 0.1) is 0 Å². The van der Waals surface area contributed by atoms with Gasteiger partial charge in [-0.3, -0.25) is 0 Å². The topological polar surface area (TPSA) is 9.23 Å². The molecule has 0 amide bonds. The Labute approximate surface area is 103 Å². The van der Waals surface area contributed by atoms with Gasteiger partial charge in [-0.15, -0.1) is 0 Å². The Hall–Kier alpha value is 0.583. The molecule has 0 aromatic carbocycles. The number of hydrogen-bond donors (Lipinski definition) is 0. The normalized spacial score (nSPS) is 116. The molecule has 8 unspecified atom stereocenters. The summed E-state index contributed by atoms with van der Waals surface area (Å²) in [6.07, 6.45) is 3.24. The zero-order valence-corrected chi connectivity index (χ0v) is 13.9. The summed E-state index contributed by atoms with van der Waals surface area (Å²) < 4.78 is 19.3. The molecule has 0 bridgehead atoms. The molecule has 1 spiro atoms. The van der Waals surface area contributed by atoms with Crippen LogP contribution in [0.3, 0.4) is 0 Å². The summed E-state index contributed by atoms with van der Waals surface area (Å²) in [5, 5.41) is 0. The van der Waals surface area contributed by atoms with Gasteiger partial charge in [0.1, 0.15) is 0 Å². The Balaban J connectivity index is 1.55. The second-order valence-electron chi connectivity index (χ2n) is 11.6. The van der Waals surface area contributed by atoms with Crippen LogP contribution in [0.25, 0.3) is 0 Å². The van der Waals surface area contributed by atoms with Crippen molar-refractivity contribution < 1.29 is 12.5 Å². The monoisotopic (exact) mass is 346 g/mol. The Bertz CT molecular complexity index is 1040. The SMILES string of the molecule is CCOC[C]12[CH]3[CH]4[CH]5[CH]1[Ru]45321678[CH]2[CH]1[C]6(CC)[C]7(CC)[CH]28. The molecule has 0 aliphatic carbocycles. The number of hydrogen-bond acceptors (Lipinski definition) is 1. The van der Waals surface area contributed by atoms with Crippen molar-refractivity contribution in [2.75, 3.05) is 13.2 Å². The van der Waals surface area contributed by atoms with Crippen LogP contribution in [0.4, 0.5) is 0 Å². The fraction of sp³-hybridized carbons (Fsp3) is 1.00. The molecule has 1 nitrogen and oxygen atoms in total. The van der Waals surface area contributed by atoms with Gasteiger partial charge < -0.3 is 0 Å². The maximum atomic E-state index is 6.18. The molecule has 0 saturated carbocycles. The quantitative estimate of drug-likeness (QED) is 0.611. The molecule has 19 heavy (non-hydrogen) atoms. The summed E-state index contributed by atoms with van der Waals surface area (Å²) in [4.78, 5) is 0. The molecule has 106 valence electrons. The van der Waals surface area contributed by atoms with Crippen LogP contribution in [0.1, 0.15) is 33.6 Å². The second kappa shape index (κ2) is 0.716. The summed E-state index contributed by atoms with van der Waals surface area (Å²) in [7, 11) is -3.42. The van der Waals surface area contributed by atoms with Gasteiger partial charge in [0, 0.05) is 0 Å². The molecule has 10 aliphatic rings. The van der Waals surface area contributed by atoms with E-state index in [9.17, 15) is 0 Å². The summed E-state index contributed by atoms with van der Waals surface area (Å²) in [5.74, 6) is 0. The first kappa shape index (κ1) is 8.28. The summed E-state index contributed by atoms with van der Waals surface area (Å²) in [5.41, 5.74) is 0. The fourth-order valence-corrected chi connectivity index (χ4v) is 165. The molecule has 0 radical (unpaired) electrons. The predicted octanol–water partition coefficient (Wildman–Crippen LogP) is 5.34. The van der Waals surface area contributed by atoms with Gasteiger partial charge in [0.05, 0.1) is 0 Å². The zero-order chi connectivity index (χ0) is 12.4. The van der Waals surface area contributed by atoms with Gasteiger partial charge >= 0.3 is 103 Å². The molecule has 10 fully saturated rings. The van der Waals surface area contributed by atoms with Gasteiger partial charge in [0.25, 0.3) is 0 Å². The third-order valence-electron chi connectivity index (χ3n) is 17.5. The first-order valence-electron chi connectivity index (χ1n) is 8.79. The van der Waals surface area contributed by atoms with Crippen molar-refractivity contribution >= 4 is 0 Å². The minimum atomic E-state index is -3.42. The average molecular weight is 345 g/mol. The Kier molecular flexibility index (Phi) is 0.312. The molecular formula is C17H24ORu. The first-order chi connectivity index (χ1) is 9.01. The molecule has 0 N–H and O–H groups in total. The molecule has 10 saturated heterocycles. The first-order valence-corrected chi connectivity index (χ1v) is 18.4. The van der Waals surface area contributed by atoms with Crippen LogP contribution in [0.15, 0.2) is 0 Å². The Morgan fingerprint density at radius 2 is 1.42 bits per heavy atom. The molecular weight excluding hydrogens is 321 g/mol. The van der Waals surface area contributed by atoms with E-state index < -0.39 is 7.72 Å². The van der Waals surface area contributed by atoms with Crippen molar-refractivity contribution in [3.05, 3.63) is 0 Å². The van der Waals surface area contributed by atoms with Crippen molar-refractivity contribution in [2.24, 2.45) is 0 Å². The maximum absolute atomic E-state index is 6.18. The van der Waals surface area contributed by atoms with E-state index in [0.717, 1.165) is 18.6 Å². The second-order valence-corrected chi connectivity index (χ2v) is 48.2. The van der Waals surface area contributed by atoms with E-state index in [1.165, 1.54) is 38.2 Å². The van der Waals surface area contributed by atoms with Gasteiger partial charge in [-0.2, -0.15) is 0 Å². The fourth-order valence-electron chi connectivity index (χ4n) is 21.1. The molecule has 0 aromatic heterocycles. The zero-order valence-electron chi connectivity index (χ0n) is 12.1. The number of ether oxygens (including phenoxy) is 1. The van der Waals surface area contributed by atoms with Gasteiger partial charge in [-0.1, -0.05) is 0 Å². The molecule has 2 heteroatoms. The van der Waals surface area contributed by atoms with E-state index >= 15 is 0 Å². The van der Waals surface area contributed by atoms with Gasteiger partial charge in [0.2, 0.25) is 0 Å². The van der Waals surface area contributed by atoms with Crippen molar-refractivity contribution in [3.8, 4) is 0 Å². The van der Waals surface area contributed by atoms with E-state index in [1.807, 2.05) is 0 Å². The summed E-state index contributed by atoms with van der Waals surface area (Å²) >= 11 is 0. The van der Waals surface area contributed by atoms with Crippen molar-refractivity contribution in [2.45, 2.75) is 77.2 Å². The van der Waals surface area contributed by atoms with E-state index in [1.54, 1.807) is 12.8 Å². The van der Waals surface area contributed by atoms with Crippen LogP contribution in [0.5, 0.6) is 0 Å². The molecule has 8 atom stereocenters. The summed E-state index contributed by atoms with van der Waals surface area (Å²) in [6, 6.07) is 0. The van der Waals surface area contributed by atoms with E-state index in [-0.39, 0.29) is 0 Å². The van der Waals surface area contributed by atoms with Crippen molar-refractivity contribution in [1.29, 1.82) is 0 Å². The molecule has 10 rings (SSSR count). The van der Waals surface area contributed by atoms with Crippen LogP contribution >= 0.6 is 0 Å². The Morgan fingerprint density at radius 1 is 0.842 bits per heavy atom. The van der Waals surface area contributed by atoms with E-state index in [2.05, 4.69) is 20.8 Å².